The van der Waals surface area contributed by atoms with Crippen LogP contribution >= 0.6 is 8.53 Å². The molecule has 0 aliphatic rings. The van der Waals surface area contributed by atoms with Crippen molar-refractivity contribution in [1.82, 2.24) is 9.99 Å². The van der Waals surface area contributed by atoms with Crippen LogP contribution in [-0.2, 0) is 20.4 Å². The van der Waals surface area contributed by atoms with Gasteiger partial charge in [-0.05, 0) is 37.8 Å². The van der Waals surface area contributed by atoms with Gasteiger partial charge >= 0.3 is 0 Å². The van der Waals surface area contributed by atoms with E-state index in [1.807, 2.05) is 6.92 Å². The second kappa shape index (κ2) is 13.6. The highest BCUT2D eigenvalue weighted by Crippen LogP contribution is 2.47. The zero-order chi connectivity index (χ0) is 21.8. The predicted molar refractivity (Wildman–Crippen MR) is 115 cm³/mol. The molecule has 1 aromatic rings. The standard InChI is InChI=1S/C20H34N3O5P/c1-6-9-20(24)21-15-17-10-11-19(23(25)26)18(14-17)16(4)28-29(27-5)22(12-7-2)13-8-3/h10-11,14,16H,6-9,12-13,15H2,1-5H3,(H,21,24). The molecular weight excluding hydrogens is 393 g/mol. The molecule has 0 radical (unpaired) electrons. The lowest BCUT2D eigenvalue weighted by atomic mass is 10.0. The van der Waals surface area contributed by atoms with Crippen molar-refractivity contribution in [2.75, 3.05) is 20.2 Å². The number of nitrogens with one attached hydrogen (secondary N) is 1. The van der Waals surface area contributed by atoms with Gasteiger partial charge in [-0.2, -0.15) is 0 Å². The van der Waals surface area contributed by atoms with E-state index in [-0.39, 0.29) is 11.6 Å². The number of amides is 1. The molecule has 2 atom stereocenters. The fourth-order valence-electron chi connectivity index (χ4n) is 2.93. The summed E-state index contributed by atoms with van der Waals surface area (Å²) in [5.74, 6) is -0.0330. The maximum absolute atomic E-state index is 11.7. The highest BCUT2D eigenvalue weighted by atomic mass is 31.2. The van der Waals surface area contributed by atoms with E-state index in [0.29, 0.717) is 18.5 Å². The topological polar surface area (TPSA) is 93.9 Å². The van der Waals surface area contributed by atoms with Crippen LogP contribution in [0.1, 0.15) is 70.6 Å². The SMILES string of the molecule is CCCC(=O)NCc1ccc([N+](=O)[O-])c(C(C)OP(OC)N(CCC)CCC)c1. The summed E-state index contributed by atoms with van der Waals surface area (Å²) in [4.78, 5) is 22.9. The molecule has 29 heavy (non-hydrogen) atoms. The minimum absolute atomic E-state index is 0.00437. The first-order chi connectivity index (χ1) is 13.9. The summed E-state index contributed by atoms with van der Waals surface area (Å²) >= 11 is 0. The monoisotopic (exact) mass is 427 g/mol. The van der Waals surface area contributed by atoms with Gasteiger partial charge in [0.15, 0.2) is 0 Å². The summed E-state index contributed by atoms with van der Waals surface area (Å²) in [5, 5.41) is 14.4. The van der Waals surface area contributed by atoms with Crippen LogP contribution in [0.4, 0.5) is 5.69 Å². The third-order valence-corrected chi connectivity index (χ3v) is 5.96. The van der Waals surface area contributed by atoms with Crippen molar-refractivity contribution in [3.63, 3.8) is 0 Å². The Kier molecular flexibility index (Phi) is 11.9. The number of carbonyl (C=O) groups is 1. The van der Waals surface area contributed by atoms with Crippen molar-refractivity contribution >= 4 is 20.1 Å². The summed E-state index contributed by atoms with van der Waals surface area (Å²) in [7, 11) is 0.282. The molecule has 2 unspecified atom stereocenters. The lowest BCUT2D eigenvalue weighted by Crippen LogP contribution is -2.23. The highest BCUT2D eigenvalue weighted by molar-refractivity contribution is 7.44. The largest absolute Gasteiger partial charge is 0.352 e. The van der Waals surface area contributed by atoms with Crippen molar-refractivity contribution in [2.24, 2.45) is 0 Å². The number of rotatable bonds is 14. The molecule has 0 saturated heterocycles. The quantitative estimate of drug-likeness (QED) is 0.253. The molecule has 0 heterocycles. The zero-order valence-corrected chi connectivity index (χ0v) is 19.0. The second-order valence-corrected chi connectivity index (χ2v) is 8.42. The van der Waals surface area contributed by atoms with Crippen molar-refractivity contribution in [2.45, 2.75) is 66.0 Å². The van der Waals surface area contributed by atoms with Gasteiger partial charge in [-0.25, -0.2) is 4.67 Å². The van der Waals surface area contributed by atoms with Gasteiger partial charge in [0.05, 0.1) is 16.6 Å². The fraction of sp³-hybridized carbons (Fsp3) is 0.650. The van der Waals surface area contributed by atoms with E-state index in [0.717, 1.165) is 37.9 Å². The molecule has 1 rings (SSSR count). The molecule has 8 nitrogen and oxygen atoms in total. The van der Waals surface area contributed by atoms with Crippen molar-refractivity contribution < 1.29 is 18.8 Å². The summed E-state index contributed by atoms with van der Waals surface area (Å²) in [6.45, 7) is 9.93. The molecule has 164 valence electrons. The van der Waals surface area contributed by atoms with Crippen molar-refractivity contribution in [1.29, 1.82) is 0 Å². The van der Waals surface area contributed by atoms with Gasteiger partial charge < -0.3 is 14.4 Å². The molecule has 0 bridgehead atoms. The van der Waals surface area contributed by atoms with Gasteiger partial charge in [0.2, 0.25) is 5.91 Å². The maximum Gasteiger partial charge on any atom is 0.275 e. The normalized spacial score (nSPS) is 13.3. The fourth-order valence-corrected chi connectivity index (χ4v) is 4.49. The number of hydrogen-bond donors (Lipinski definition) is 1. The Balaban J connectivity index is 3.02. The van der Waals surface area contributed by atoms with E-state index >= 15 is 0 Å². The number of carbonyl (C=O) groups excluding carboxylic acids is 1. The third-order valence-electron chi connectivity index (χ3n) is 4.29. The first-order valence-corrected chi connectivity index (χ1v) is 11.3. The number of nitrogens with zero attached hydrogens (tertiary/aromatic N) is 2. The van der Waals surface area contributed by atoms with Crippen LogP contribution in [0.2, 0.25) is 0 Å². The predicted octanol–water partition coefficient (Wildman–Crippen LogP) is 5.08. The van der Waals surface area contributed by atoms with Gasteiger partial charge in [-0.1, -0.05) is 26.8 Å². The summed E-state index contributed by atoms with van der Waals surface area (Å²) in [6, 6.07) is 4.88. The first-order valence-electron chi connectivity index (χ1n) is 10.2. The molecule has 9 heteroatoms. The molecule has 1 amide bonds. The van der Waals surface area contributed by atoms with E-state index < -0.39 is 19.6 Å². The molecule has 0 aliphatic heterocycles. The van der Waals surface area contributed by atoms with Crippen LogP contribution in [-0.4, -0.2) is 35.7 Å². The smallest absolute Gasteiger partial charge is 0.275 e. The van der Waals surface area contributed by atoms with Crippen LogP contribution in [0.5, 0.6) is 0 Å². The zero-order valence-electron chi connectivity index (χ0n) is 18.1. The molecule has 0 saturated carbocycles. The van der Waals surface area contributed by atoms with Gasteiger partial charge in [0.1, 0.15) is 0 Å². The average molecular weight is 427 g/mol. The van der Waals surface area contributed by atoms with Crippen LogP contribution in [0.25, 0.3) is 0 Å². The third kappa shape index (κ3) is 8.34. The van der Waals surface area contributed by atoms with Crippen LogP contribution in [0, 0.1) is 10.1 Å². The Morgan fingerprint density at radius 2 is 1.90 bits per heavy atom. The number of hydrogen-bond acceptors (Lipinski definition) is 6. The van der Waals surface area contributed by atoms with Gasteiger partial charge in [0.25, 0.3) is 14.2 Å². The lowest BCUT2D eigenvalue weighted by Gasteiger charge is -2.30. The van der Waals surface area contributed by atoms with E-state index in [4.69, 9.17) is 9.05 Å². The lowest BCUT2D eigenvalue weighted by molar-refractivity contribution is -0.386. The highest BCUT2D eigenvalue weighted by Gasteiger charge is 2.27. The molecular formula is C20H34N3O5P. The Morgan fingerprint density at radius 3 is 2.41 bits per heavy atom. The molecule has 0 spiro atoms. The summed E-state index contributed by atoms with van der Waals surface area (Å²) < 4.78 is 13.9. The van der Waals surface area contributed by atoms with Crippen LogP contribution < -0.4 is 5.32 Å². The van der Waals surface area contributed by atoms with Gasteiger partial charge in [-0.15, -0.1) is 0 Å². The molecule has 0 fully saturated rings. The molecule has 1 N–H and O–H groups in total. The van der Waals surface area contributed by atoms with Gasteiger partial charge in [-0.3, -0.25) is 14.9 Å². The second-order valence-electron chi connectivity index (χ2n) is 6.80. The Morgan fingerprint density at radius 1 is 1.24 bits per heavy atom. The Labute approximate surface area is 175 Å². The van der Waals surface area contributed by atoms with E-state index in [9.17, 15) is 14.9 Å². The Hall–Kier alpha value is -1.60. The minimum Gasteiger partial charge on any atom is -0.352 e. The average Bonchev–Trinajstić information content (AvgIpc) is 2.70. The number of benzene rings is 1. The maximum atomic E-state index is 11.7. The first kappa shape index (κ1) is 25.4. The number of nitro benzene ring substituents is 1. The summed E-state index contributed by atoms with van der Waals surface area (Å²) in [6.07, 6.45) is 2.64. The Bertz CT molecular complexity index is 653. The summed E-state index contributed by atoms with van der Waals surface area (Å²) in [5.41, 5.74) is 1.28. The molecule has 0 aromatic heterocycles. The van der Waals surface area contributed by atoms with E-state index in [2.05, 4.69) is 23.8 Å². The van der Waals surface area contributed by atoms with Crippen molar-refractivity contribution in [3.05, 3.63) is 39.4 Å². The van der Waals surface area contributed by atoms with Crippen molar-refractivity contribution in [3.8, 4) is 0 Å². The van der Waals surface area contributed by atoms with Crippen LogP contribution in [0.3, 0.4) is 0 Å². The molecule has 0 aliphatic carbocycles. The van der Waals surface area contributed by atoms with E-state index in [1.54, 1.807) is 26.2 Å². The minimum atomic E-state index is -1.32. The van der Waals surface area contributed by atoms with Gasteiger partial charge in [0, 0.05) is 39.2 Å². The van der Waals surface area contributed by atoms with E-state index in [1.165, 1.54) is 6.07 Å². The molecule has 1 aromatic carbocycles. The number of nitro groups is 1. The van der Waals surface area contributed by atoms with Crippen LogP contribution in [0.15, 0.2) is 18.2 Å².